The van der Waals surface area contributed by atoms with Crippen molar-refractivity contribution < 1.29 is 26.3 Å². The summed E-state index contributed by atoms with van der Waals surface area (Å²) in [7, 11) is -2.88. The minimum absolute atomic E-state index is 0.159. The summed E-state index contributed by atoms with van der Waals surface area (Å²) in [5.41, 5.74) is 3.05. The molecule has 2 heterocycles. The summed E-state index contributed by atoms with van der Waals surface area (Å²) in [4.78, 5) is 3.86. The SMILES string of the molecule is COc1cc2c(C#N)c(-c3ccc(S(=O)(=O)N[C@@H](C)C(F)(F)F)cn3)n(C3CCC3)c2cc1C. The van der Waals surface area contributed by atoms with Crippen LogP contribution in [0.3, 0.4) is 0 Å². The van der Waals surface area contributed by atoms with Crippen LogP contribution in [0.25, 0.3) is 22.3 Å². The Bertz CT molecular complexity index is 1390. The van der Waals surface area contributed by atoms with E-state index in [1.54, 1.807) is 11.8 Å². The standard InChI is InChI=1S/C23H23F3N4O3S/c1-13-9-20-17(10-21(13)33-3)18(11-27)22(30(20)15-5-4-6-15)19-8-7-16(12-28-19)34(31,32)29-14(2)23(24,25)26/h7-10,12,14-15,29H,4-6H2,1-3H3/t14-/m0/s1. The number of ether oxygens (including phenoxy) is 1. The lowest BCUT2D eigenvalue weighted by Gasteiger charge is -2.30. The molecule has 0 spiro atoms. The topological polar surface area (TPSA) is 97.0 Å². The molecule has 0 amide bonds. The van der Waals surface area contributed by atoms with Crippen LogP contribution in [0.15, 0.2) is 35.4 Å². The number of nitriles is 1. The Hall–Kier alpha value is -3.10. The van der Waals surface area contributed by atoms with Crippen LogP contribution in [0.4, 0.5) is 13.2 Å². The Kier molecular flexibility index (Phi) is 6.08. The first-order valence-electron chi connectivity index (χ1n) is 10.7. The maximum absolute atomic E-state index is 12.8. The third-order valence-corrected chi connectivity index (χ3v) is 7.71. The highest BCUT2D eigenvalue weighted by Crippen LogP contribution is 2.43. The van der Waals surface area contributed by atoms with Crippen molar-refractivity contribution in [3.63, 3.8) is 0 Å². The van der Waals surface area contributed by atoms with Gasteiger partial charge in [-0.3, -0.25) is 4.98 Å². The molecule has 34 heavy (non-hydrogen) atoms. The highest BCUT2D eigenvalue weighted by molar-refractivity contribution is 7.89. The van der Waals surface area contributed by atoms with Gasteiger partial charge in [0.15, 0.2) is 0 Å². The average Bonchev–Trinajstić information content (AvgIpc) is 3.03. The van der Waals surface area contributed by atoms with Gasteiger partial charge in [0.05, 0.1) is 29.6 Å². The van der Waals surface area contributed by atoms with Crippen LogP contribution in [0.1, 0.15) is 43.4 Å². The lowest BCUT2D eigenvalue weighted by molar-refractivity contribution is -0.147. The molecule has 1 aromatic carbocycles. The van der Waals surface area contributed by atoms with Crippen LogP contribution in [0.2, 0.25) is 0 Å². The molecule has 0 radical (unpaired) electrons. The van der Waals surface area contributed by atoms with Gasteiger partial charge in [-0.25, -0.2) is 8.42 Å². The summed E-state index contributed by atoms with van der Waals surface area (Å²) in [5.74, 6) is 0.639. The smallest absolute Gasteiger partial charge is 0.404 e. The number of aromatic nitrogens is 2. The van der Waals surface area contributed by atoms with Crippen molar-refractivity contribution in [3.8, 4) is 23.2 Å². The molecule has 2 aromatic heterocycles. The molecule has 4 rings (SSSR count). The maximum Gasteiger partial charge on any atom is 0.404 e. The zero-order valence-electron chi connectivity index (χ0n) is 18.8. The van der Waals surface area contributed by atoms with Gasteiger partial charge >= 0.3 is 6.18 Å². The van der Waals surface area contributed by atoms with Crippen molar-refractivity contribution in [2.24, 2.45) is 0 Å². The first-order valence-corrected chi connectivity index (χ1v) is 12.1. The third-order valence-electron chi connectivity index (χ3n) is 6.18. The van der Waals surface area contributed by atoms with Gasteiger partial charge in [-0.1, -0.05) is 0 Å². The summed E-state index contributed by atoms with van der Waals surface area (Å²) in [6.45, 7) is 2.64. The molecule has 1 fully saturated rings. The van der Waals surface area contributed by atoms with Crippen LogP contribution in [-0.2, 0) is 10.0 Å². The van der Waals surface area contributed by atoms with Crippen molar-refractivity contribution in [2.75, 3.05) is 7.11 Å². The van der Waals surface area contributed by atoms with Crippen molar-refractivity contribution in [2.45, 2.75) is 56.3 Å². The number of aryl methyl sites for hydroxylation is 1. The Morgan fingerprint density at radius 3 is 2.50 bits per heavy atom. The number of hydrogen-bond donors (Lipinski definition) is 1. The van der Waals surface area contributed by atoms with E-state index in [4.69, 9.17) is 4.74 Å². The monoisotopic (exact) mass is 492 g/mol. The largest absolute Gasteiger partial charge is 0.496 e. The van der Waals surface area contributed by atoms with E-state index in [1.165, 1.54) is 12.1 Å². The van der Waals surface area contributed by atoms with Crippen LogP contribution in [0.5, 0.6) is 5.75 Å². The number of fused-ring (bicyclic) bond motifs is 1. The second-order valence-corrected chi connectivity index (χ2v) is 10.1. The summed E-state index contributed by atoms with van der Waals surface area (Å²) in [6.07, 6.45) is -0.799. The van der Waals surface area contributed by atoms with Gasteiger partial charge < -0.3 is 9.30 Å². The molecule has 0 unspecified atom stereocenters. The summed E-state index contributed by atoms with van der Waals surface area (Å²) < 4.78 is 72.4. The average molecular weight is 493 g/mol. The number of alkyl halides is 3. The van der Waals surface area contributed by atoms with Crippen LogP contribution in [0, 0.1) is 18.3 Å². The van der Waals surface area contributed by atoms with Crippen molar-refractivity contribution >= 4 is 20.9 Å². The zero-order chi connectivity index (χ0) is 24.8. The molecule has 0 saturated heterocycles. The molecule has 7 nitrogen and oxygen atoms in total. The number of rotatable bonds is 6. The fraction of sp³-hybridized carbons (Fsp3) is 0.391. The van der Waals surface area contributed by atoms with Crippen LogP contribution < -0.4 is 9.46 Å². The third kappa shape index (κ3) is 4.12. The van der Waals surface area contributed by atoms with Crippen molar-refractivity contribution in [1.29, 1.82) is 5.26 Å². The number of halogens is 3. The minimum Gasteiger partial charge on any atom is -0.496 e. The first kappa shape index (κ1) is 24.0. The zero-order valence-corrected chi connectivity index (χ0v) is 19.6. The summed E-state index contributed by atoms with van der Waals surface area (Å²) in [5, 5.41) is 10.7. The molecule has 1 atom stereocenters. The van der Waals surface area contributed by atoms with E-state index in [0.29, 0.717) is 28.1 Å². The summed E-state index contributed by atoms with van der Waals surface area (Å²) in [6, 6.07) is 6.54. The Morgan fingerprint density at radius 2 is 2.00 bits per heavy atom. The van der Waals surface area contributed by atoms with Gasteiger partial charge in [0.25, 0.3) is 0 Å². The Labute approximate surface area is 195 Å². The van der Waals surface area contributed by atoms with Crippen molar-refractivity contribution in [1.82, 2.24) is 14.3 Å². The van der Waals surface area contributed by atoms with Crippen molar-refractivity contribution in [3.05, 3.63) is 41.6 Å². The second kappa shape index (κ2) is 8.60. The van der Waals surface area contributed by atoms with E-state index < -0.39 is 27.1 Å². The number of nitrogens with one attached hydrogen (secondary N) is 1. The van der Waals surface area contributed by atoms with E-state index in [2.05, 4.69) is 15.6 Å². The molecule has 0 aliphatic heterocycles. The fourth-order valence-electron chi connectivity index (χ4n) is 4.10. The predicted molar refractivity (Wildman–Crippen MR) is 120 cm³/mol. The van der Waals surface area contributed by atoms with E-state index in [9.17, 15) is 26.9 Å². The lowest BCUT2D eigenvalue weighted by atomic mass is 9.92. The van der Waals surface area contributed by atoms with Gasteiger partial charge in [-0.2, -0.15) is 23.2 Å². The highest BCUT2D eigenvalue weighted by Gasteiger charge is 2.39. The van der Waals surface area contributed by atoms with E-state index in [-0.39, 0.29) is 6.04 Å². The normalized spacial score (nSPS) is 15.7. The molecule has 1 saturated carbocycles. The molecule has 1 aliphatic rings. The molecule has 180 valence electrons. The number of hydrogen-bond acceptors (Lipinski definition) is 5. The van der Waals surface area contributed by atoms with Crippen LogP contribution in [-0.4, -0.2) is 37.3 Å². The number of methoxy groups -OCH3 is 1. The van der Waals surface area contributed by atoms with E-state index in [0.717, 1.165) is 43.5 Å². The molecule has 1 N–H and O–H groups in total. The van der Waals surface area contributed by atoms with Crippen LogP contribution >= 0.6 is 0 Å². The highest BCUT2D eigenvalue weighted by atomic mass is 32.2. The summed E-state index contributed by atoms with van der Waals surface area (Å²) >= 11 is 0. The predicted octanol–water partition coefficient (Wildman–Crippen LogP) is 4.85. The number of benzene rings is 1. The number of nitrogens with zero attached hydrogens (tertiary/aromatic N) is 3. The van der Waals surface area contributed by atoms with E-state index >= 15 is 0 Å². The number of pyridine rings is 1. The van der Waals surface area contributed by atoms with Gasteiger partial charge in [-0.05, 0) is 62.9 Å². The maximum atomic E-state index is 12.8. The molecule has 3 aromatic rings. The molecule has 11 heteroatoms. The Morgan fingerprint density at radius 1 is 1.29 bits per heavy atom. The molecular formula is C23H23F3N4O3S. The Balaban J connectivity index is 1.83. The first-order chi connectivity index (χ1) is 16.0. The number of sulfonamides is 1. The fourth-order valence-corrected chi connectivity index (χ4v) is 5.27. The van der Waals surface area contributed by atoms with Gasteiger partial charge in [0.2, 0.25) is 10.0 Å². The minimum atomic E-state index is -4.72. The molecule has 1 aliphatic carbocycles. The molecule has 0 bridgehead atoms. The quantitative estimate of drug-likeness (QED) is 0.531. The molecular weight excluding hydrogens is 469 g/mol. The lowest BCUT2D eigenvalue weighted by Crippen LogP contribution is -2.42. The second-order valence-electron chi connectivity index (χ2n) is 8.39. The van der Waals surface area contributed by atoms with Gasteiger partial charge in [-0.15, -0.1) is 0 Å². The van der Waals surface area contributed by atoms with Gasteiger partial charge in [0, 0.05) is 17.6 Å². The van der Waals surface area contributed by atoms with Gasteiger partial charge in [0.1, 0.15) is 22.8 Å². The van der Waals surface area contributed by atoms with E-state index in [1.807, 2.05) is 19.1 Å².